The van der Waals surface area contributed by atoms with Crippen LogP contribution in [-0.4, -0.2) is 42.8 Å². The first-order valence-corrected chi connectivity index (χ1v) is 7.29. The zero-order valence-electron chi connectivity index (χ0n) is 11.7. The highest BCUT2D eigenvalue weighted by Gasteiger charge is 2.27. The number of morpholine rings is 1. The molecule has 2 rings (SSSR count). The summed E-state index contributed by atoms with van der Waals surface area (Å²) in [5.41, 5.74) is 7.47. The standard InChI is InChI=1S/C15H23ClN2O/c1-11(2)18-6-7-19-15(10-18)14(17)9-12-4-3-5-13(16)8-12/h3-5,8,11,14-15H,6-7,9-10,17H2,1-2H3. The largest absolute Gasteiger partial charge is 0.374 e. The van der Waals surface area contributed by atoms with E-state index >= 15 is 0 Å². The molecule has 0 bridgehead atoms. The molecular weight excluding hydrogens is 260 g/mol. The number of rotatable bonds is 4. The van der Waals surface area contributed by atoms with E-state index in [1.165, 1.54) is 5.56 Å². The maximum absolute atomic E-state index is 6.30. The lowest BCUT2D eigenvalue weighted by atomic mass is 10.0. The van der Waals surface area contributed by atoms with Crippen molar-refractivity contribution in [2.24, 2.45) is 5.73 Å². The molecule has 1 aliphatic heterocycles. The van der Waals surface area contributed by atoms with Crippen molar-refractivity contribution < 1.29 is 4.74 Å². The predicted molar refractivity (Wildman–Crippen MR) is 79.6 cm³/mol. The Morgan fingerprint density at radius 3 is 2.95 bits per heavy atom. The van der Waals surface area contributed by atoms with Gasteiger partial charge >= 0.3 is 0 Å². The van der Waals surface area contributed by atoms with Crippen LogP contribution in [-0.2, 0) is 11.2 Å². The fourth-order valence-corrected chi connectivity index (χ4v) is 2.70. The molecule has 0 aliphatic carbocycles. The molecule has 19 heavy (non-hydrogen) atoms. The van der Waals surface area contributed by atoms with E-state index in [2.05, 4.69) is 24.8 Å². The quantitative estimate of drug-likeness (QED) is 0.921. The number of halogens is 1. The number of ether oxygens (including phenoxy) is 1. The Hall–Kier alpha value is -0.610. The van der Waals surface area contributed by atoms with Crippen molar-refractivity contribution in [1.29, 1.82) is 0 Å². The van der Waals surface area contributed by atoms with E-state index in [0.717, 1.165) is 31.1 Å². The minimum absolute atomic E-state index is 0.0139. The first-order chi connectivity index (χ1) is 9.06. The molecule has 2 atom stereocenters. The maximum atomic E-state index is 6.30. The number of benzene rings is 1. The first kappa shape index (κ1) is 14.8. The van der Waals surface area contributed by atoms with Crippen molar-refractivity contribution in [3.05, 3.63) is 34.9 Å². The van der Waals surface area contributed by atoms with Crippen molar-refractivity contribution in [3.63, 3.8) is 0 Å². The van der Waals surface area contributed by atoms with Crippen LogP contribution in [0.4, 0.5) is 0 Å². The van der Waals surface area contributed by atoms with E-state index in [4.69, 9.17) is 22.1 Å². The van der Waals surface area contributed by atoms with Gasteiger partial charge in [-0.3, -0.25) is 4.90 Å². The Bertz CT molecular complexity index is 411. The molecule has 0 aromatic heterocycles. The van der Waals surface area contributed by atoms with Gasteiger partial charge in [0.05, 0.1) is 12.7 Å². The molecule has 1 aromatic carbocycles. The molecule has 106 valence electrons. The summed E-state index contributed by atoms with van der Waals surface area (Å²) in [6.07, 6.45) is 0.909. The molecular formula is C15H23ClN2O. The molecule has 1 heterocycles. The second kappa shape index (κ2) is 6.71. The van der Waals surface area contributed by atoms with Gasteiger partial charge < -0.3 is 10.5 Å². The predicted octanol–water partition coefficient (Wildman–Crippen LogP) is 2.32. The second-order valence-electron chi connectivity index (χ2n) is 5.50. The van der Waals surface area contributed by atoms with Gasteiger partial charge in [-0.05, 0) is 38.0 Å². The van der Waals surface area contributed by atoms with Crippen LogP contribution >= 0.6 is 11.6 Å². The van der Waals surface area contributed by atoms with E-state index in [0.29, 0.717) is 6.04 Å². The van der Waals surface area contributed by atoms with Crippen molar-refractivity contribution in [1.82, 2.24) is 4.90 Å². The molecule has 2 N–H and O–H groups in total. The van der Waals surface area contributed by atoms with Crippen molar-refractivity contribution in [2.75, 3.05) is 19.7 Å². The number of nitrogens with two attached hydrogens (primary N) is 1. The SMILES string of the molecule is CC(C)N1CCOC(C(N)Cc2cccc(Cl)c2)C1. The average Bonchev–Trinajstić information content (AvgIpc) is 2.39. The summed E-state index contributed by atoms with van der Waals surface area (Å²) in [5.74, 6) is 0. The van der Waals surface area contributed by atoms with Crippen LogP contribution < -0.4 is 5.73 Å². The van der Waals surface area contributed by atoms with E-state index in [1.807, 2.05) is 18.2 Å². The van der Waals surface area contributed by atoms with E-state index in [1.54, 1.807) is 0 Å². The van der Waals surface area contributed by atoms with Gasteiger partial charge in [-0.1, -0.05) is 23.7 Å². The van der Waals surface area contributed by atoms with Gasteiger partial charge in [-0.2, -0.15) is 0 Å². The Kier molecular flexibility index (Phi) is 5.22. The highest BCUT2D eigenvalue weighted by Crippen LogP contribution is 2.16. The fourth-order valence-electron chi connectivity index (χ4n) is 2.49. The Labute approximate surface area is 120 Å². The summed E-state index contributed by atoms with van der Waals surface area (Å²) in [6.45, 7) is 7.11. The zero-order chi connectivity index (χ0) is 13.8. The molecule has 1 aromatic rings. The Morgan fingerprint density at radius 2 is 2.26 bits per heavy atom. The van der Waals surface area contributed by atoms with Gasteiger partial charge in [-0.15, -0.1) is 0 Å². The summed E-state index contributed by atoms with van der Waals surface area (Å²) < 4.78 is 5.82. The monoisotopic (exact) mass is 282 g/mol. The molecule has 0 radical (unpaired) electrons. The Morgan fingerprint density at radius 1 is 1.47 bits per heavy atom. The molecule has 0 amide bonds. The fraction of sp³-hybridized carbons (Fsp3) is 0.600. The minimum Gasteiger partial charge on any atom is -0.374 e. The first-order valence-electron chi connectivity index (χ1n) is 6.92. The summed E-state index contributed by atoms with van der Waals surface area (Å²) in [5, 5.41) is 0.762. The van der Waals surface area contributed by atoms with E-state index < -0.39 is 0 Å². The maximum Gasteiger partial charge on any atom is 0.0856 e. The lowest BCUT2D eigenvalue weighted by Crippen LogP contribution is -2.53. The molecule has 0 spiro atoms. The third-order valence-corrected chi connectivity index (χ3v) is 3.93. The number of hydrogen-bond donors (Lipinski definition) is 1. The van der Waals surface area contributed by atoms with Gasteiger partial charge in [0.25, 0.3) is 0 Å². The third-order valence-electron chi connectivity index (χ3n) is 3.69. The van der Waals surface area contributed by atoms with E-state index in [9.17, 15) is 0 Å². The van der Waals surface area contributed by atoms with Gasteiger partial charge in [0, 0.05) is 30.2 Å². The molecule has 0 saturated carbocycles. The zero-order valence-corrected chi connectivity index (χ0v) is 12.4. The summed E-state index contributed by atoms with van der Waals surface area (Å²) in [4.78, 5) is 2.42. The Balaban J connectivity index is 1.94. The topological polar surface area (TPSA) is 38.5 Å². The van der Waals surface area contributed by atoms with Crippen LogP contribution in [0.3, 0.4) is 0 Å². The van der Waals surface area contributed by atoms with Crippen molar-refractivity contribution in [2.45, 2.75) is 38.5 Å². The van der Waals surface area contributed by atoms with Crippen LogP contribution in [0.5, 0.6) is 0 Å². The summed E-state index contributed by atoms with van der Waals surface area (Å²) >= 11 is 6.00. The number of nitrogens with zero attached hydrogens (tertiary/aromatic N) is 1. The van der Waals surface area contributed by atoms with Gasteiger partial charge in [0.1, 0.15) is 0 Å². The molecule has 4 heteroatoms. The van der Waals surface area contributed by atoms with Gasteiger partial charge in [-0.25, -0.2) is 0 Å². The van der Waals surface area contributed by atoms with Gasteiger partial charge in [0.15, 0.2) is 0 Å². The summed E-state index contributed by atoms with van der Waals surface area (Å²) in [6, 6.07) is 8.45. The van der Waals surface area contributed by atoms with Crippen molar-refractivity contribution >= 4 is 11.6 Å². The van der Waals surface area contributed by atoms with Crippen LogP contribution in [0.15, 0.2) is 24.3 Å². The second-order valence-corrected chi connectivity index (χ2v) is 5.93. The smallest absolute Gasteiger partial charge is 0.0856 e. The van der Waals surface area contributed by atoms with Crippen LogP contribution in [0.2, 0.25) is 5.02 Å². The molecule has 1 saturated heterocycles. The molecule has 3 nitrogen and oxygen atoms in total. The van der Waals surface area contributed by atoms with Gasteiger partial charge in [0.2, 0.25) is 0 Å². The normalized spacial score (nSPS) is 22.7. The third kappa shape index (κ3) is 4.18. The lowest BCUT2D eigenvalue weighted by molar-refractivity contribution is -0.0495. The lowest BCUT2D eigenvalue weighted by Gasteiger charge is -2.38. The summed E-state index contributed by atoms with van der Waals surface area (Å²) in [7, 11) is 0. The van der Waals surface area contributed by atoms with Crippen LogP contribution in [0.25, 0.3) is 0 Å². The van der Waals surface area contributed by atoms with Crippen molar-refractivity contribution in [3.8, 4) is 0 Å². The number of hydrogen-bond acceptors (Lipinski definition) is 3. The molecule has 1 fully saturated rings. The highest BCUT2D eigenvalue weighted by atomic mass is 35.5. The highest BCUT2D eigenvalue weighted by molar-refractivity contribution is 6.30. The van der Waals surface area contributed by atoms with Crippen LogP contribution in [0.1, 0.15) is 19.4 Å². The van der Waals surface area contributed by atoms with E-state index in [-0.39, 0.29) is 12.1 Å². The minimum atomic E-state index is 0.0139. The average molecular weight is 283 g/mol. The van der Waals surface area contributed by atoms with Crippen LogP contribution in [0, 0.1) is 0 Å². The molecule has 1 aliphatic rings. The molecule has 2 unspecified atom stereocenters.